The Balaban J connectivity index is 0.000000772. The van der Waals surface area contributed by atoms with Gasteiger partial charge in [-0.1, -0.05) is 0 Å². The standard InChI is InChI=1S/C16H22O8.C6H8O7.C4H6O4/c17-9-22-8-7-16(21)24-13-4-2-10-11(13)1-3-12(10)23-15(20)6-5-14(18)19;7-3(8)1-6(13,5(11)12)2-4(9)10;5-3(6)1-2-4(7)8/h9-13H,1-8H2,(H,18,19);13H,1-2H2,(H,7,8)(H,9,10)(H,11,12);1-2H2,(H,5,6)(H,7,8)/t10-,11-,12-,13+;;/m0../s1. The highest BCUT2D eigenvalue weighted by molar-refractivity contribution is 5.88. The van der Waals surface area contributed by atoms with Gasteiger partial charge in [-0.25, -0.2) is 4.79 Å². The van der Waals surface area contributed by atoms with Gasteiger partial charge in [-0.05, 0) is 25.7 Å². The molecule has 0 aliphatic heterocycles. The van der Waals surface area contributed by atoms with E-state index in [1.807, 2.05) is 0 Å². The van der Waals surface area contributed by atoms with Crippen molar-refractivity contribution in [3.8, 4) is 0 Å². The third-order valence-electron chi connectivity index (χ3n) is 6.51. The molecule has 2 fully saturated rings. The first-order valence-corrected chi connectivity index (χ1v) is 13.4. The molecule has 4 atom stereocenters. The number of aliphatic hydroxyl groups is 1. The summed E-state index contributed by atoms with van der Waals surface area (Å²) in [6, 6.07) is 0. The molecule has 45 heavy (non-hydrogen) atoms. The summed E-state index contributed by atoms with van der Waals surface area (Å²) < 4.78 is 15.3. The lowest BCUT2D eigenvalue weighted by molar-refractivity contribution is -0.170. The number of carbonyl (C=O) groups is 9. The van der Waals surface area contributed by atoms with Gasteiger partial charge < -0.3 is 50.0 Å². The molecular formula is C26H36O19. The second-order valence-corrected chi connectivity index (χ2v) is 9.92. The van der Waals surface area contributed by atoms with Crippen LogP contribution in [0.5, 0.6) is 0 Å². The van der Waals surface area contributed by atoms with E-state index in [1.54, 1.807) is 0 Å². The van der Waals surface area contributed by atoms with E-state index in [0.717, 1.165) is 19.3 Å². The van der Waals surface area contributed by atoms with Gasteiger partial charge in [0.05, 0.1) is 44.9 Å². The molecule has 254 valence electrons. The van der Waals surface area contributed by atoms with Gasteiger partial charge in [0.1, 0.15) is 18.8 Å². The number of carbonyl (C=O) groups excluding carboxylic acids is 3. The molecule has 7 N–H and O–H groups in total. The van der Waals surface area contributed by atoms with E-state index in [2.05, 4.69) is 4.74 Å². The number of hydrogen-bond donors (Lipinski definition) is 7. The van der Waals surface area contributed by atoms with Crippen LogP contribution in [0.25, 0.3) is 0 Å². The van der Waals surface area contributed by atoms with Crippen molar-refractivity contribution >= 4 is 54.2 Å². The lowest BCUT2D eigenvalue weighted by Crippen LogP contribution is -2.42. The van der Waals surface area contributed by atoms with Crippen LogP contribution in [0, 0.1) is 11.8 Å². The lowest BCUT2D eigenvalue weighted by atomic mass is 9.96. The zero-order chi connectivity index (χ0) is 34.7. The maximum absolute atomic E-state index is 11.7. The second kappa shape index (κ2) is 20.2. The van der Waals surface area contributed by atoms with E-state index >= 15 is 0 Å². The van der Waals surface area contributed by atoms with Crippen LogP contribution in [0.2, 0.25) is 0 Å². The summed E-state index contributed by atoms with van der Waals surface area (Å²) in [5.74, 6) is -8.77. The molecule has 0 saturated heterocycles. The normalized spacial score (nSPS) is 19.6. The van der Waals surface area contributed by atoms with Crippen LogP contribution >= 0.6 is 0 Å². The fraction of sp³-hybridized carbons (Fsp3) is 0.654. The molecule has 19 heteroatoms. The van der Waals surface area contributed by atoms with Gasteiger partial charge in [-0.2, -0.15) is 0 Å². The summed E-state index contributed by atoms with van der Waals surface area (Å²) in [6.07, 6.45) is -0.584. The smallest absolute Gasteiger partial charge is 0.336 e. The molecule has 0 heterocycles. The number of rotatable bonds is 17. The zero-order valence-electron chi connectivity index (χ0n) is 23.9. The van der Waals surface area contributed by atoms with Gasteiger partial charge in [0, 0.05) is 11.8 Å². The first kappa shape index (κ1) is 40.2. The van der Waals surface area contributed by atoms with Crippen molar-refractivity contribution in [1.82, 2.24) is 0 Å². The Hall–Kier alpha value is -4.81. The third kappa shape index (κ3) is 17.2. The van der Waals surface area contributed by atoms with Crippen molar-refractivity contribution in [3.63, 3.8) is 0 Å². The Labute approximate surface area is 254 Å². The predicted octanol–water partition coefficient (Wildman–Crippen LogP) is -0.255. The lowest BCUT2D eigenvalue weighted by Gasteiger charge is -2.21. The molecule has 0 amide bonds. The predicted molar refractivity (Wildman–Crippen MR) is 140 cm³/mol. The van der Waals surface area contributed by atoms with Crippen LogP contribution in [0.3, 0.4) is 0 Å². The number of esters is 2. The van der Waals surface area contributed by atoms with Gasteiger partial charge in [0.15, 0.2) is 5.60 Å². The van der Waals surface area contributed by atoms with Gasteiger partial charge >= 0.3 is 47.8 Å². The second-order valence-electron chi connectivity index (χ2n) is 9.92. The molecule has 0 aromatic heterocycles. The quantitative estimate of drug-likeness (QED) is 0.0460. The Morgan fingerprint density at radius 3 is 1.29 bits per heavy atom. The van der Waals surface area contributed by atoms with Crippen LogP contribution in [-0.4, -0.2) is 114 Å². The van der Waals surface area contributed by atoms with Crippen molar-refractivity contribution in [2.45, 2.75) is 88.4 Å². The highest BCUT2D eigenvalue weighted by atomic mass is 16.6. The molecule has 0 unspecified atom stereocenters. The average Bonchev–Trinajstić information content (AvgIpc) is 3.49. The van der Waals surface area contributed by atoms with E-state index < -0.39 is 66.2 Å². The summed E-state index contributed by atoms with van der Waals surface area (Å²) in [7, 11) is 0. The fourth-order valence-electron chi connectivity index (χ4n) is 4.57. The summed E-state index contributed by atoms with van der Waals surface area (Å²) >= 11 is 0. The Morgan fingerprint density at radius 2 is 0.956 bits per heavy atom. The molecule has 2 aliphatic carbocycles. The van der Waals surface area contributed by atoms with Gasteiger partial charge in [0.2, 0.25) is 0 Å². The van der Waals surface area contributed by atoms with E-state index in [-0.39, 0.29) is 62.8 Å². The van der Waals surface area contributed by atoms with Crippen LogP contribution in [0.15, 0.2) is 0 Å². The van der Waals surface area contributed by atoms with E-state index in [9.17, 15) is 43.2 Å². The first-order valence-electron chi connectivity index (χ1n) is 13.4. The van der Waals surface area contributed by atoms with Crippen molar-refractivity contribution < 1.29 is 93.1 Å². The van der Waals surface area contributed by atoms with E-state index in [4.69, 9.17) is 45.2 Å². The van der Waals surface area contributed by atoms with Gasteiger partial charge in [0.25, 0.3) is 6.47 Å². The topological polar surface area (TPSA) is 323 Å². The van der Waals surface area contributed by atoms with Crippen LogP contribution < -0.4 is 0 Å². The molecule has 19 nitrogen and oxygen atoms in total. The highest BCUT2D eigenvalue weighted by Crippen LogP contribution is 2.47. The summed E-state index contributed by atoms with van der Waals surface area (Å²) in [4.78, 5) is 93.7. The minimum atomic E-state index is -2.74. The molecule has 0 spiro atoms. The number of carboxylic acids is 6. The molecule has 0 aromatic carbocycles. The molecule has 0 radical (unpaired) electrons. The Kier molecular flexibility index (Phi) is 18.0. The molecule has 2 rings (SSSR count). The van der Waals surface area contributed by atoms with Gasteiger partial charge in [-0.3, -0.25) is 38.4 Å². The van der Waals surface area contributed by atoms with Crippen LogP contribution in [0.1, 0.15) is 70.6 Å². The summed E-state index contributed by atoms with van der Waals surface area (Å²) in [5.41, 5.74) is -2.74. The van der Waals surface area contributed by atoms with Crippen LogP contribution in [0.4, 0.5) is 0 Å². The molecule has 0 aromatic rings. The maximum Gasteiger partial charge on any atom is 0.336 e. The molecule has 2 aliphatic rings. The number of ether oxygens (including phenoxy) is 3. The minimum Gasteiger partial charge on any atom is -0.481 e. The first-order chi connectivity index (χ1) is 20.9. The summed E-state index contributed by atoms with van der Waals surface area (Å²) in [5, 5.41) is 58.2. The highest BCUT2D eigenvalue weighted by Gasteiger charge is 2.48. The number of aliphatic carboxylic acids is 6. The fourth-order valence-corrected chi connectivity index (χ4v) is 4.57. The average molecular weight is 653 g/mol. The maximum atomic E-state index is 11.7. The largest absolute Gasteiger partial charge is 0.481 e. The SMILES string of the molecule is O=C(O)CC(O)(CC(=O)O)C(=O)O.O=C(O)CCC(=O)O.O=COCCC(=O)O[C@@H]1CC[C@H]2[C@@H]1CC[C@@H]2OC(=O)CCC(=O)O. The van der Waals surface area contributed by atoms with Crippen molar-refractivity contribution in [1.29, 1.82) is 0 Å². The molecular weight excluding hydrogens is 616 g/mol. The van der Waals surface area contributed by atoms with Crippen molar-refractivity contribution in [2.75, 3.05) is 6.61 Å². The summed E-state index contributed by atoms with van der Waals surface area (Å²) in [6.45, 7) is 0.298. The molecule has 0 bridgehead atoms. The van der Waals surface area contributed by atoms with Gasteiger partial charge in [-0.15, -0.1) is 0 Å². The van der Waals surface area contributed by atoms with Crippen molar-refractivity contribution in [3.05, 3.63) is 0 Å². The van der Waals surface area contributed by atoms with Crippen molar-refractivity contribution in [2.24, 2.45) is 11.8 Å². The van der Waals surface area contributed by atoms with E-state index in [0.29, 0.717) is 12.9 Å². The third-order valence-corrected chi connectivity index (χ3v) is 6.51. The number of hydrogen-bond acceptors (Lipinski definition) is 13. The number of fused-ring (bicyclic) bond motifs is 1. The monoisotopic (exact) mass is 652 g/mol. The zero-order valence-corrected chi connectivity index (χ0v) is 23.9. The Morgan fingerprint density at radius 1 is 0.578 bits per heavy atom. The number of carboxylic acid groups (broad SMARTS) is 6. The Bertz CT molecular complexity index is 1050. The molecule has 2 saturated carbocycles. The minimum absolute atomic E-state index is 0.00691. The van der Waals surface area contributed by atoms with Crippen LogP contribution in [-0.2, 0) is 57.4 Å². The van der Waals surface area contributed by atoms with E-state index in [1.165, 1.54) is 0 Å².